The molecule has 2 heterocycles. The van der Waals surface area contributed by atoms with Crippen molar-refractivity contribution in [3.63, 3.8) is 0 Å². The number of nitrogens with zero attached hydrogens (tertiary/aromatic N) is 3. The zero-order valence-corrected chi connectivity index (χ0v) is 16.1. The Balaban J connectivity index is 1.87. The third-order valence-corrected chi connectivity index (χ3v) is 5.08. The number of nitrogens with two attached hydrogens (primary N) is 1. The average molecular weight is 384 g/mol. The van der Waals surface area contributed by atoms with E-state index in [9.17, 15) is 14.0 Å². The monoisotopic (exact) mass is 384 g/mol. The van der Waals surface area contributed by atoms with Crippen molar-refractivity contribution in [2.75, 3.05) is 27.2 Å². The molecule has 0 radical (unpaired) electrons. The SMILES string of the molecule is CN(C)C(=O)[C@@H](c1ccc(-c2ccncc2)cc1)[C@H](N)C(=O)N1CC[C@H](F)C1. The number of amides is 2. The molecule has 2 amide bonds. The number of pyridine rings is 1. The van der Waals surface area contributed by atoms with E-state index in [1.165, 1.54) is 9.80 Å². The Hall–Kier alpha value is -2.80. The summed E-state index contributed by atoms with van der Waals surface area (Å²) in [5, 5.41) is 0. The molecule has 0 spiro atoms. The molecule has 3 atom stereocenters. The van der Waals surface area contributed by atoms with E-state index in [1.54, 1.807) is 26.5 Å². The Morgan fingerprint density at radius 2 is 1.75 bits per heavy atom. The molecule has 1 saturated heterocycles. The number of hydrogen-bond acceptors (Lipinski definition) is 4. The van der Waals surface area contributed by atoms with Crippen LogP contribution in [0, 0.1) is 0 Å². The highest BCUT2D eigenvalue weighted by atomic mass is 19.1. The molecule has 1 fully saturated rings. The third-order valence-electron chi connectivity index (χ3n) is 5.08. The van der Waals surface area contributed by atoms with E-state index >= 15 is 0 Å². The predicted molar refractivity (Wildman–Crippen MR) is 105 cm³/mol. The Morgan fingerprint density at radius 1 is 1.14 bits per heavy atom. The van der Waals surface area contributed by atoms with Crippen LogP contribution < -0.4 is 5.73 Å². The van der Waals surface area contributed by atoms with Gasteiger partial charge in [-0.1, -0.05) is 24.3 Å². The maximum atomic E-state index is 13.5. The summed E-state index contributed by atoms with van der Waals surface area (Å²) in [6.45, 7) is 0.369. The Kier molecular flexibility index (Phi) is 6.04. The van der Waals surface area contributed by atoms with E-state index in [4.69, 9.17) is 5.73 Å². The summed E-state index contributed by atoms with van der Waals surface area (Å²) in [7, 11) is 3.26. The van der Waals surface area contributed by atoms with Gasteiger partial charge in [0.2, 0.25) is 11.8 Å². The molecule has 6 nitrogen and oxygen atoms in total. The predicted octanol–water partition coefficient (Wildman–Crippen LogP) is 1.82. The number of likely N-dealkylation sites (tertiary alicyclic amines) is 1. The fourth-order valence-corrected chi connectivity index (χ4v) is 3.48. The summed E-state index contributed by atoms with van der Waals surface area (Å²) < 4.78 is 13.5. The highest BCUT2D eigenvalue weighted by molar-refractivity contribution is 5.93. The Labute approximate surface area is 164 Å². The van der Waals surface area contributed by atoms with E-state index in [-0.39, 0.29) is 12.5 Å². The van der Waals surface area contributed by atoms with Gasteiger partial charge in [-0.05, 0) is 35.2 Å². The Bertz CT molecular complexity index is 826. The molecular weight excluding hydrogens is 359 g/mol. The zero-order chi connectivity index (χ0) is 20.3. The highest BCUT2D eigenvalue weighted by Gasteiger charge is 2.37. The lowest BCUT2D eigenvalue weighted by Crippen LogP contribution is -2.50. The number of halogens is 1. The minimum absolute atomic E-state index is 0.0381. The molecule has 28 heavy (non-hydrogen) atoms. The van der Waals surface area contributed by atoms with Gasteiger partial charge in [-0.3, -0.25) is 14.6 Å². The second kappa shape index (κ2) is 8.48. The average Bonchev–Trinajstić information content (AvgIpc) is 3.14. The van der Waals surface area contributed by atoms with Crippen LogP contribution in [-0.2, 0) is 9.59 Å². The molecule has 0 saturated carbocycles. The van der Waals surface area contributed by atoms with E-state index in [1.807, 2.05) is 36.4 Å². The number of alkyl halides is 1. The van der Waals surface area contributed by atoms with Crippen LogP contribution >= 0.6 is 0 Å². The standard InChI is InChI=1S/C21H25FN4O2/c1-25(2)20(27)18(19(23)21(28)26-12-9-17(22)13-26)16-5-3-14(4-6-16)15-7-10-24-11-8-15/h3-8,10-11,17-19H,9,12-13,23H2,1-2H3/t17-,18-,19-/m0/s1. The van der Waals surface area contributed by atoms with Crippen molar-refractivity contribution in [3.8, 4) is 11.1 Å². The topological polar surface area (TPSA) is 79.5 Å². The minimum atomic E-state index is -1.06. The number of carbonyl (C=O) groups excluding carboxylic acids is 2. The highest BCUT2D eigenvalue weighted by Crippen LogP contribution is 2.27. The molecule has 1 aliphatic heterocycles. The first-order valence-corrected chi connectivity index (χ1v) is 9.28. The van der Waals surface area contributed by atoms with Crippen molar-refractivity contribution in [1.82, 2.24) is 14.8 Å². The van der Waals surface area contributed by atoms with Crippen LogP contribution in [0.1, 0.15) is 17.9 Å². The van der Waals surface area contributed by atoms with Crippen molar-refractivity contribution >= 4 is 11.8 Å². The molecule has 2 N–H and O–H groups in total. The van der Waals surface area contributed by atoms with Gasteiger partial charge in [0.25, 0.3) is 0 Å². The van der Waals surface area contributed by atoms with Gasteiger partial charge in [0, 0.05) is 33.0 Å². The summed E-state index contributed by atoms with van der Waals surface area (Å²) in [5.74, 6) is -1.47. The molecule has 1 aromatic heterocycles. The van der Waals surface area contributed by atoms with Gasteiger partial charge < -0.3 is 15.5 Å². The van der Waals surface area contributed by atoms with Crippen molar-refractivity contribution in [2.24, 2.45) is 5.73 Å². The van der Waals surface area contributed by atoms with Gasteiger partial charge in [-0.15, -0.1) is 0 Å². The van der Waals surface area contributed by atoms with Crippen LogP contribution in [0.3, 0.4) is 0 Å². The number of hydrogen-bond donors (Lipinski definition) is 1. The summed E-state index contributed by atoms with van der Waals surface area (Å²) in [5.41, 5.74) is 8.87. The smallest absolute Gasteiger partial charge is 0.240 e. The summed E-state index contributed by atoms with van der Waals surface area (Å²) in [6.07, 6.45) is 2.71. The van der Waals surface area contributed by atoms with Crippen LogP contribution in [-0.4, -0.2) is 66.0 Å². The lowest BCUT2D eigenvalue weighted by molar-refractivity contribution is -0.138. The van der Waals surface area contributed by atoms with Gasteiger partial charge in [0.1, 0.15) is 12.2 Å². The second-order valence-electron chi connectivity index (χ2n) is 7.26. The van der Waals surface area contributed by atoms with Gasteiger partial charge in [-0.2, -0.15) is 0 Å². The second-order valence-corrected chi connectivity index (χ2v) is 7.26. The van der Waals surface area contributed by atoms with E-state index < -0.39 is 24.0 Å². The molecular formula is C21H25FN4O2. The zero-order valence-electron chi connectivity index (χ0n) is 16.1. The van der Waals surface area contributed by atoms with Crippen LogP contribution in [0.2, 0.25) is 0 Å². The molecule has 3 rings (SSSR count). The molecule has 2 aromatic rings. The molecule has 1 aromatic carbocycles. The normalized spacial score (nSPS) is 18.6. The van der Waals surface area contributed by atoms with Gasteiger partial charge in [-0.25, -0.2) is 4.39 Å². The Morgan fingerprint density at radius 3 is 2.29 bits per heavy atom. The summed E-state index contributed by atoms with van der Waals surface area (Å²) in [4.78, 5) is 32.4. The van der Waals surface area contributed by atoms with Crippen LogP contribution in [0.4, 0.5) is 4.39 Å². The number of likely N-dealkylation sites (N-methyl/N-ethyl adjacent to an activating group) is 1. The number of aromatic nitrogens is 1. The number of carbonyl (C=O) groups is 2. The first-order valence-electron chi connectivity index (χ1n) is 9.28. The molecule has 0 bridgehead atoms. The maximum Gasteiger partial charge on any atom is 0.240 e. The van der Waals surface area contributed by atoms with Crippen LogP contribution in [0.5, 0.6) is 0 Å². The van der Waals surface area contributed by atoms with Crippen LogP contribution in [0.15, 0.2) is 48.8 Å². The first-order chi connectivity index (χ1) is 13.4. The lowest BCUT2D eigenvalue weighted by atomic mass is 9.88. The maximum absolute atomic E-state index is 13.5. The van der Waals surface area contributed by atoms with Crippen molar-refractivity contribution in [1.29, 1.82) is 0 Å². The van der Waals surface area contributed by atoms with E-state index in [0.717, 1.165) is 11.1 Å². The molecule has 1 aliphatic rings. The quantitative estimate of drug-likeness (QED) is 0.853. The fourth-order valence-electron chi connectivity index (χ4n) is 3.48. The fraction of sp³-hybridized carbons (Fsp3) is 0.381. The first kappa shape index (κ1) is 19.9. The molecule has 7 heteroatoms. The number of rotatable bonds is 5. The number of benzene rings is 1. The minimum Gasteiger partial charge on any atom is -0.348 e. The van der Waals surface area contributed by atoms with Crippen molar-refractivity contribution < 1.29 is 14.0 Å². The largest absolute Gasteiger partial charge is 0.348 e. The van der Waals surface area contributed by atoms with Crippen molar-refractivity contribution in [2.45, 2.75) is 24.6 Å². The van der Waals surface area contributed by atoms with Gasteiger partial charge >= 0.3 is 0 Å². The molecule has 148 valence electrons. The third kappa shape index (κ3) is 4.20. The van der Waals surface area contributed by atoms with E-state index in [0.29, 0.717) is 18.5 Å². The summed E-state index contributed by atoms with van der Waals surface area (Å²) >= 11 is 0. The van der Waals surface area contributed by atoms with Gasteiger partial charge in [0.15, 0.2) is 0 Å². The summed E-state index contributed by atoms with van der Waals surface area (Å²) in [6, 6.07) is 10.2. The lowest BCUT2D eigenvalue weighted by Gasteiger charge is -2.28. The van der Waals surface area contributed by atoms with Crippen molar-refractivity contribution in [3.05, 3.63) is 54.4 Å². The molecule has 0 aliphatic carbocycles. The molecule has 0 unspecified atom stereocenters. The van der Waals surface area contributed by atoms with Gasteiger partial charge in [0.05, 0.1) is 12.5 Å². The van der Waals surface area contributed by atoms with Crippen LogP contribution in [0.25, 0.3) is 11.1 Å². The van der Waals surface area contributed by atoms with E-state index in [2.05, 4.69) is 4.98 Å².